The van der Waals surface area contributed by atoms with Gasteiger partial charge >= 0.3 is 0 Å². The molecule has 3 N–H and O–H groups in total. The fourth-order valence-electron chi connectivity index (χ4n) is 1.30. The Morgan fingerprint density at radius 1 is 1.41 bits per heavy atom. The van der Waals surface area contributed by atoms with Gasteiger partial charge in [0.1, 0.15) is 5.75 Å². The molecule has 0 aliphatic heterocycles. The van der Waals surface area contributed by atoms with Gasteiger partial charge in [0.15, 0.2) is 0 Å². The molecule has 1 aromatic carbocycles. The summed E-state index contributed by atoms with van der Waals surface area (Å²) in [5, 5.41) is 21.4. The lowest BCUT2D eigenvalue weighted by Crippen LogP contribution is -2.36. The molecule has 0 atom stereocenters. The molecular formula is C13H19NO3. The first-order valence-corrected chi connectivity index (χ1v) is 5.54. The van der Waals surface area contributed by atoms with E-state index >= 15 is 0 Å². The van der Waals surface area contributed by atoms with Crippen molar-refractivity contribution in [2.24, 2.45) is 5.41 Å². The highest BCUT2D eigenvalue weighted by atomic mass is 16.3. The van der Waals surface area contributed by atoms with Gasteiger partial charge in [-0.05, 0) is 24.6 Å². The van der Waals surface area contributed by atoms with Gasteiger partial charge in [0, 0.05) is 18.6 Å². The summed E-state index contributed by atoms with van der Waals surface area (Å²) in [6.45, 7) is 5.89. The zero-order valence-corrected chi connectivity index (χ0v) is 10.4. The van der Waals surface area contributed by atoms with Gasteiger partial charge in [-0.15, -0.1) is 0 Å². The maximum Gasteiger partial charge on any atom is 0.255 e. The maximum atomic E-state index is 11.8. The van der Waals surface area contributed by atoms with Crippen LogP contribution in [-0.2, 0) is 0 Å². The smallest absolute Gasteiger partial charge is 0.255 e. The number of nitrogens with one attached hydrogen (secondary N) is 1. The van der Waals surface area contributed by atoms with Crippen LogP contribution in [0.15, 0.2) is 18.2 Å². The summed E-state index contributed by atoms with van der Waals surface area (Å²) in [5.41, 5.74) is 0.787. The molecule has 4 nitrogen and oxygen atoms in total. The van der Waals surface area contributed by atoms with Crippen molar-refractivity contribution in [1.29, 1.82) is 0 Å². The molecule has 0 aliphatic rings. The Morgan fingerprint density at radius 2 is 2.06 bits per heavy atom. The van der Waals surface area contributed by atoms with Crippen molar-refractivity contribution in [2.75, 3.05) is 13.2 Å². The quantitative estimate of drug-likeness (QED) is 0.742. The Morgan fingerprint density at radius 3 is 2.59 bits per heavy atom. The van der Waals surface area contributed by atoms with Crippen LogP contribution in [-0.4, -0.2) is 29.3 Å². The van der Waals surface area contributed by atoms with E-state index in [0.717, 1.165) is 5.56 Å². The SMILES string of the molecule is Cc1ccc(C(=O)NCC(C)(C)CO)c(O)c1. The molecule has 0 aliphatic carbocycles. The van der Waals surface area contributed by atoms with Gasteiger partial charge in [-0.1, -0.05) is 19.9 Å². The standard InChI is InChI=1S/C13H19NO3/c1-9-4-5-10(11(16)6-9)12(17)14-7-13(2,3)8-15/h4-6,15-16H,7-8H2,1-3H3,(H,14,17). The monoisotopic (exact) mass is 237 g/mol. The Hall–Kier alpha value is -1.55. The number of benzene rings is 1. The lowest BCUT2D eigenvalue weighted by Gasteiger charge is -2.21. The minimum Gasteiger partial charge on any atom is -0.507 e. The van der Waals surface area contributed by atoms with E-state index in [1.807, 2.05) is 20.8 Å². The zero-order chi connectivity index (χ0) is 13.1. The number of carbonyl (C=O) groups excluding carboxylic acids is 1. The van der Waals surface area contributed by atoms with Gasteiger partial charge in [0.25, 0.3) is 5.91 Å². The third-order valence-electron chi connectivity index (χ3n) is 2.55. The minimum absolute atomic E-state index is 0.00679. The number of amides is 1. The van der Waals surface area contributed by atoms with E-state index in [-0.39, 0.29) is 29.2 Å². The molecule has 17 heavy (non-hydrogen) atoms. The summed E-state index contributed by atoms with van der Waals surface area (Å²) in [7, 11) is 0. The number of aliphatic hydroxyl groups excluding tert-OH is 1. The molecule has 0 saturated heterocycles. The predicted molar refractivity (Wildman–Crippen MR) is 66.0 cm³/mol. The second-order valence-corrected chi connectivity index (χ2v) is 5.03. The molecule has 1 aromatic rings. The Balaban J connectivity index is 2.71. The molecule has 0 aromatic heterocycles. The highest BCUT2D eigenvalue weighted by molar-refractivity contribution is 5.96. The largest absolute Gasteiger partial charge is 0.507 e. The maximum absolute atomic E-state index is 11.8. The zero-order valence-electron chi connectivity index (χ0n) is 10.4. The van der Waals surface area contributed by atoms with E-state index in [0.29, 0.717) is 6.54 Å². The van der Waals surface area contributed by atoms with E-state index in [4.69, 9.17) is 5.11 Å². The van der Waals surface area contributed by atoms with Crippen LogP contribution in [0.3, 0.4) is 0 Å². The van der Waals surface area contributed by atoms with Crippen molar-refractivity contribution in [1.82, 2.24) is 5.32 Å². The lowest BCUT2D eigenvalue weighted by atomic mass is 9.95. The first-order valence-electron chi connectivity index (χ1n) is 5.54. The summed E-state index contributed by atoms with van der Waals surface area (Å²) in [4.78, 5) is 11.8. The number of carbonyl (C=O) groups is 1. The van der Waals surface area contributed by atoms with Crippen LogP contribution in [0.5, 0.6) is 5.75 Å². The van der Waals surface area contributed by atoms with Gasteiger partial charge < -0.3 is 15.5 Å². The summed E-state index contributed by atoms with van der Waals surface area (Å²) in [6.07, 6.45) is 0. The Labute approximate surface area is 101 Å². The van der Waals surface area contributed by atoms with Gasteiger partial charge in [0.2, 0.25) is 0 Å². The molecule has 0 unspecified atom stereocenters. The molecule has 0 bridgehead atoms. The topological polar surface area (TPSA) is 69.6 Å². The number of hydrogen-bond acceptors (Lipinski definition) is 3. The number of aromatic hydroxyl groups is 1. The average molecular weight is 237 g/mol. The molecule has 0 heterocycles. The molecule has 0 fully saturated rings. The van der Waals surface area contributed by atoms with Crippen molar-refractivity contribution in [3.8, 4) is 5.75 Å². The summed E-state index contributed by atoms with van der Waals surface area (Å²) >= 11 is 0. The van der Waals surface area contributed by atoms with Crippen LogP contribution in [0.2, 0.25) is 0 Å². The lowest BCUT2D eigenvalue weighted by molar-refractivity contribution is 0.0908. The van der Waals surface area contributed by atoms with Crippen LogP contribution in [0.25, 0.3) is 0 Å². The fraction of sp³-hybridized carbons (Fsp3) is 0.462. The van der Waals surface area contributed by atoms with Crippen LogP contribution < -0.4 is 5.32 Å². The first kappa shape index (κ1) is 13.5. The van der Waals surface area contributed by atoms with Crippen molar-refractivity contribution < 1.29 is 15.0 Å². The van der Waals surface area contributed by atoms with Crippen molar-refractivity contribution in [3.63, 3.8) is 0 Å². The number of phenolic OH excluding ortho intramolecular Hbond substituents is 1. The summed E-state index contributed by atoms with van der Waals surface area (Å²) in [5.74, 6) is -0.353. The second kappa shape index (κ2) is 5.19. The fourth-order valence-corrected chi connectivity index (χ4v) is 1.30. The van der Waals surface area contributed by atoms with E-state index in [2.05, 4.69) is 5.32 Å². The second-order valence-electron chi connectivity index (χ2n) is 5.03. The van der Waals surface area contributed by atoms with E-state index in [9.17, 15) is 9.90 Å². The van der Waals surface area contributed by atoms with Gasteiger partial charge in [-0.25, -0.2) is 0 Å². The number of hydrogen-bond donors (Lipinski definition) is 3. The average Bonchev–Trinajstić information content (AvgIpc) is 2.26. The van der Waals surface area contributed by atoms with Gasteiger partial charge in [0.05, 0.1) is 5.56 Å². The van der Waals surface area contributed by atoms with Crippen LogP contribution in [0.4, 0.5) is 0 Å². The normalized spacial score (nSPS) is 11.3. The summed E-state index contributed by atoms with van der Waals surface area (Å²) < 4.78 is 0. The molecule has 0 saturated carbocycles. The van der Waals surface area contributed by atoms with Crippen LogP contribution in [0.1, 0.15) is 29.8 Å². The number of aliphatic hydroxyl groups is 1. The molecule has 1 amide bonds. The predicted octanol–water partition coefficient (Wildman–Crippen LogP) is 1.45. The van der Waals surface area contributed by atoms with Crippen LogP contribution >= 0.6 is 0 Å². The number of aryl methyl sites for hydroxylation is 1. The third-order valence-corrected chi connectivity index (χ3v) is 2.55. The molecule has 0 radical (unpaired) electrons. The van der Waals surface area contributed by atoms with Crippen molar-refractivity contribution in [3.05, 3.63) is 29.3 Å². The van der Waals surface area contributed by atoms with E-state index in [1.165, 1.54) is 0 Å². The number of rotatable bonds is 4. The van der Waals surface area contributed by atoms with E-state index < -0.39 is 0 Å². The van der Waals surface area contributed by atoms with Crippen molar-refractivity contribution in [2.45, 2.75) is 20.8 Å². The van der Waals surface area contributed by atoms with Gasteiger partial charge in [-0.2, -0.15) is 0 Å². The Bertz CT molecular complexity index is 413. The van der Waals surface area contributed by atoms with Crippen LogP contribution in [0, 0.1) is 12.3 Å². The molecule has 1 rings (SSSR count). The molecule has 94 valence electrons. The minimum atomic E-state index is -0.365. The Kier molecular flexibility index (Phi) is 4.12. The summed E-state index contributed by atoms with van der Waals surface area (Å²) in [6, 6.07) is 4.91. The highest BCUT2D eigenvalue weighted by Crippen LogP contribution is 2.19. The van der Waals surface area contributed by atoms with E-state index in [1.54, 1.807) is 18.2 Å². The molecular weight excluding hydrogens is 218 g/mol. The molecule has 0 spiro atoms. The highest BCUT2D eigenvalue weighted by Gasteiger charge is 2.19. The number of phenols is 1. The van der Waals surface area contributed by atoms with Crippen molar-refractivity contribution >= 4 is 5.91 Å². The molecule has 4 heteroatoms. The van der Waals surface area contributed by atoms with Gasteiger partial charge in [-0.3, -0.25) is 4.79 Å². The first-order chi connectivity index (χ1) is 7.85. The third kappa shape index (κ3) is 3.75.